The fraction of sp³-hybridized carbons (Fsp3) is 0.595. The minimum Gasteiger partial charge on any atom is -0.488 e. The number of nitrogen functional groups attached to an aromatic ring is 1. The predicted octanol–water partition coefficient (Wildman–Crippen LogP) is 5.46. The normalized spacial score (nSPS) is 19.6. The number of rotatable bonds is 14. The molecule has 3 amide bonds. The Morgan fingerprint density at radius 1 is 1.02 bits per heavy atom. The molecule has 10 nitrogen and oxygen atoms in total. The van der Waals surface area contributed by atoms with Gasteiger partial charge in [0.25, 0.3) is 0 Å². The van der Waals surface area contributed by atoms with Gasteiger partial charge >= 0.3 is 0 Å². The molecular formula is C37H55N5O5. The molecule has 10 heteroatoms. The van der Waals surface area contributed by atoms with E-state index in [1.165, 1.54) is 32.1 Å². The first-order chi connectivity index (χ1) is 22.6. The van der Waals surface area contributed by atoms with Gasteiger partial charge in [-0.2, -0.15) is 0 Å². The first kappa shape index (κ1) is 36.2. The van der Waals surface area contributed by atoms with Crippen LogP contribution in [-0.4, -0.2) is 78.1 Å². The number of ether oxygens (including phenoxy) is 1. The third-order valence-corrected chi connectivity index (χ3v) is 9.53. The molecule has 0 unspecified atom stereocenters. The summed E-state index contributed by atoms with van der Waals surface area (Å²) in [5.74, 6) is 1.14. The van der Waals surface area contributed by atoms with Crippen LogP contribution < -0.4 is 21.1 Å². The summed E-state index contributed by atoms with van der Waals surface area (Å²) < 4.78 is 6.68. The molecule has 2 aromatic carbocycles. The number of para-hydroxylation sites is 2. The number of hydrogen-bond donors (Lipinski definition) is 4. The molecule has 258 valence electrons. The molecule has 2 aliphatic rings. The van der Waals surface area contributed by atoms with Crippen molar-refractivity contribution < 1.29 is 24.2 Å². The van der Waals surface area contributed by atoms with Gasteiger partial charge in [0.2, 0.25) is 17.7 Å². The van der Waals surface area contributed by atoms with E-state index in [2.05, 4.69) is 29.5 Å². The lowest BCUT2D eigenvalue weighted by molar-refractivity contribution is -0.134. The van der Waals surface area contributed by atoms with E-state index >= 15 is 0 Å². The standard InChI is InChI=1S/C37H55N5O5/c1-26-22-42(27(2)25-43)37(46)21-29-20-30(18-19-33(29)47-34(26)24-41(3)23-28-12-6-4-7-13-28)39-35(44)16-8-5-9-17-36(45)40-32-15-11-10-14-31(32)38/h10-11,14-15,18-20,26-28,34,43H,4-9,12-13,16-17,21-25,38H2,1-3H3,(H,39,44)(H,40,45)/t26-,27+,34-/m0/s1. The Bertz CT molecular complexity index is 1330. The Kier molecular flexibility index (Phi) is 13.9. The number of aliphatic hydroxyl groups excluding tert-OH is 1. The van der Waals surface area contributed by atoms with E-state index in [1.54, 1.807) is 17.0 Å². The van der Waals surface area contributed by atoms with Crippen molar-refractivity contribution in [1.29, 1.82) is 0 Å². The summed E-state index contributed by atoms with van der Waals surface area (Å²) in [4.78, 5) is 42.8. The van der Waals surface area contributed by atoms with Crippen LogP contribution in [0.2, 0.25) is 0 Å². The molecular weight excluding hydrogens is 594 g/mol. The van der Waals surface area contributed by atoms with Crippen LogP contribution in [0.3, 0.4) is 0 Å². The second kappa shape index (κ2) is 18.1. The van der Waals surface area contributed by atoms with Crippen molar-refractivity contribution in [1.82, 2.24) is 9.80 Å². The van der Waals surface area contributed by atoms with Gasteiger partial charge in [-0.15, -0.1) is 0 Å². The average Bonchev–Trinajstić information content (AvgIpc) is 3.09. The number of carbonyl (C=O) groups excluding carboxylic acids is 3. The van der Waals surface area contributed by atoms with Crippen LogP contribution in [0.1, 0.15) is 83.6 Å². The van der Waals surface area contributed by atoms with Crippen molar-refractivity contribution in [3.05, 3.63) is 48.0 Å². The average molecular weight is 650 g/mol. The molecule has 2 aromatic rings. The predicted molar refractivity (Wildman–Crippen MR) is 187 cm³/mol. The smallest absolute Gasteiger partial charge is 0.227 e. The summed E-state index contributed by atoms with van der Waals surface area (Å²) >= 11 is 0. The highest BCUT2D eigenvalue weighted by Gasteiger charge is 2.31. The number of nitrogens with zero attached hydrogens (tertiary/aromatic N) is 2. The molecule has 0 spiro atoms. The highest BCUT2D eigenvalue weighted by atomic mass is 16.5. The maximum absolute atomic E-state index is 13.6. The van der Waals surface area contributed by atoms with E-state index in [9.17, 15) is 19.5 Å². The first-order valence-corrected chi connectivity index (χ1v) is 17.5. The van der Waals surface area contributed by atoms with Crippen LogP contribution in [0.5, 0.6) is 5.75 Å². The molecule has 0 bridgehead atoms. The summed E-state index contributed by atoms with van der Waals surface area (Å²) in [6.45, 7) is 6.16. The summed E-state index contributed by atoms with van der Waals surface area (Å²) in [5.41, 5.74) is 8.37. The molecule has 0 saturated heterocycles. The van der Waals surface area contributed by atoms with Crippen molar-refractivity contribution in [3.63, 3.8) is 0 Å². The van der Waals surface area contributed by atoms with Crippen molar-refractivity contribution >= 4 is 34.8 Å². The van der Waals surface area contributed by atoms with Gasteiger partial charge in [-0.1, -0.05) is 44.7 Å². The number of hydrogen-bond acceptors (Lipinski definition) is 7. The summed E-state index contributed by atoms with van der Waals surface area (Å²) in [6.07, 6.45) is 9.23. The van der Waals surface area contributed by atoms with Gasteiger partial charge in [0, 0.05) is 49.6 Å². The number of unbranched alkanes of at least 4 members (excludes halogenated alkanes) is 2. The highest BCUT2D eigenvalue weighted by molar-refractivity contribution is 5.94. The number of anilines is 3. The number of aliphatic hydroxyl groups is 1. The Hall–Kier alpha value is -3.63. The molecule has 0 aromatic heterocycles. The number of nitrogens with two attached hydrogens (primary N) is 1. The molecule has 1 heterocycles. The monoisotopic (exact) mass is 649 g/mol. The van der Waals surface area contributed by atoms with Crippen LogP contribution in [0, 0.1) is 11.8 Å². The van der Waals surface area contributed by atoms with Crippen molar-refractivity contribution in [2.45, 2.75) is 96.6 Å². The molecule has 1 aliphatic carbocycles. The second-order valence-corrected chi connectivity index (χ2v) is 13.7. The number of likely N-dealkylation sites (N-methyl/N-ethyl adjacent to an activating group) is 1. The van der Waals surface area contributed by atoms with Crippen LogP contribution in [0.25, 0.3) is 0 Å². The molecule has 1 aliphatic heterocycles. The Morgan fingerprint density at radius 3 is 2.43 bits per heavy atom. The first-order valence-electron chi connectivity index (χ1n) is 17.5. The van der Waals surface area contributed by atoms with E-state index in [0.29, 0.717) is 61.0 Å². The fourth-order valence-electron chi connectivity index (χ4n) is 6.71. The lowest BCUT2D eigenvalue weighted by Gasteiger charge is -2.35. The quantitative estimate of drug-likeness (QED) is 0.158. The Labute approximate surface area is 280 Å². The number of benzene rings is 2. The lowest BCUT2D eigenvalue weighted by atomic mass is 9.89. The van der Waals surface area contributed by atoms with Crippen molar-refractivity contribution in [3.8, 4) is 5.75 Å². The van der Waals surface area contributed by atoms with Gasteiger partial charge in [-0.05, 0) is 75.9 Å². The molecule has 1 fully saturated rings. The summed E-state index contributed by atoms with van der Waals surface area (Å²) in [7, 11) is 2.16. The third-order valence-electron chi connectivity index (χ3n) is 9.53. The number of amides is 3. The van der Waals surface area contributed by atoms with E-state index in [0.717, 1.165) is 25.1 Å². The van der Waals surface area contributed by atoms with E-state index < -0.39 is 0 Å². The van der Waals surface area contributed by atoms with Gasteiger partial charge in [0.15, 0.2) is 0 Å². The van der Waals surface area contributed by atoms with Gasteiger partial charge in [-0.25, -0.2) is 0 Å². The van der Waals surface area contributed by atoms with Crippen molar-refractivity contribution in [2.75, 3.05) is 49.7 Å². The van der Waals surface area contributed by atoms with Gasteiger partial charge in [-0.3, -0.25) is 14.4 Å². The maximum atomic E-state index is 13.6. The van der Waals surface area contributed by atoms with E-state index in [-0.39, 0.29) is 48.8 Å². The zero-order chi connectivity index (χ0) is 33.8. The van der Waals surface area contributed by atoms with Crippen LogP contribution in [0.4, 0.5) is 17.1 Å². The summed E-state index contributed by atoms with van der Waals surface area (Å²) in [5, 5.41) is 15.8. The van der Waals surface area contributed by atoms with Crippen molar-refractivity contribution in [2.24, 2.45) is 11.8 Å². The summed E-state index contributed by atoms with van der Waals surface area (Å²) in [6, 6.07) is 12.4. The Balaban J connectivity index is 1.34. The van der Waals surface area contributed by atoms with E-state index in [1.807, 2.05) is 37.3 Å². The molecule has 4 rings (SSSR count). The zero-order valence-corrected chi connectivity index (χ0v) is 28.5. The molecule has 1 saturated carbocycles. The zero-order valence-electron chi connectivity index (χ0n) is 28.5. The van der Waals surface area contributed by atoms with Gasteiger partial charge < -0.3 is 36.0 Å². The highest BCUT2D eigenvalue weighted by Crippen LogP contribution is 2.30. The number of carbonyl (C=O) groups is 3. The van der Waals surface area contributed by atoms with E-state index in [4.69, 9.17) is 10.5 Å². The second-order valence-electron chi connectivity index (χ2n) is 13.7. The Morgan fingerprint density at radius 2 is 1.72 bits per heavy atom. The molecule has 3 atom stereocenters. The topological polar surface area (TPSA) is 137 Å². The fourth-order valence-corrected chi connectivity index (χ4v) is 6.71. The molecule has 47 heavy (non-hydrogen) atoms. The number of fused-ring (bicyclic) bond motifs is 1. The minimum atomic E-state index is -0.308. The SMILES string of the molecule is C[C@H](CO)N1C[C@H](C)[C@H](CN(C)CC2CCCCC2)Oc2ccc(NC(=O)CCCCCC(=O)Nc3ccccc3N)cc2CC1=O. The van der Waals surface area contributed by atoms with Crippen LogP contribution >= 0.6 is 0 Å². The number of nitrogens with one attached hydrogen (secondary N) is 2. The van der Waals surface area contributed by atoms with Crippen LogP contribution in [0.15, 0.2) is 42.5 Å². The van der Waals surface area contributed by atoms with Crippen LogP contribution in [-0.2, 0) is 20.8 Å². The molecule has 0 radical (unpaired) electrons. The third kappa shape index (κ3) is 11.2. The van der Waals surface area contributed by atoms with Gasteiger partial charge in [0.05, 0.1) is 30.4 Å². The minimum absolute atomic E-state index is 0.0506. The lowest BCUT2D eigenvalue weighted by Crippen LogP contribution is -2.48. The maximum Gasteiger partial charge on any atom is 0.227 e. The molecule has 5 N–H and O–H groups in total. The van der Waals surface area contributed by atoms with Gasteiger partial charge in [0.1, 0.15) is 11.9 Å². The largest absolute Gasteiger partial charge is 0.488 e.